The van der Waals surface area contributed by atoms with Crippen LogP contribution in [-0.2, 0) is 11.2 Å². The predicted molar refractivity (Wildman–Crippen MR) is 85.4 cm³/mol. The van der Waals surface area contributed by atoms with E-state index < -0.39 is 0 Å². The molecule has 2 aromatic carbocycles. The number of rotatable bonds is 2. The molecule has 0 saturated carbocycles. The first-order valence-corrected chi connectivity index (χ1v) is 7.55. The molecule has 0 N–H and O–H groups in total. The third-order valence-corrected chi connectivity index (χ3v) is 4.02. The fraction of sp³-hybridized carbons (Fsp3) is 0.316. The minimum absolute atomic E-state index is 0.218. The highest BCUT2D eigenvalue weighted by atomic mass is 16.5. The average molecular weight is 296 g/mol. The van der Waals surface area contributed by atoms with Crippen molar-refractivity contribution >= 4 is 5.97 Å². The molecule has 3 heteroatoms. The van der Waals surface area contributed by atoms with E-state index in [-0.39, 0.29) is 11.9 Å². The Hall–Kier alpha value is -2.29. The number of carbonyl (C=O) groups excluding carboxylic acids is 1. The maximum atomic E-state index is 12.5. The topological polar surface area (TPSA) is 35.5 Å². The number of ether oxygens (including phenoxy) is 2. The molecular weight excluding hydrogens is 276 g/mol. The van der Waals surface area contributed by atoms with Crippen LogP contribution in [0.5, 0.6) is 11.5 Å². The predicted octanol–water partition coefficient (Wildman–Crippen LogP) is 3.77. The maximum absolute atomic E-state index is 12.5. The van der Waals surface area contributed by atoms with Crippen LogP contribution in [0.4, 0.5) is 0 Å². The summed E-state index contributed by atoms with van der Waals surface area (Å²) in [7, 11) is 0. The van der Waals surface area contributed by atoms with Gasteiger partial charge in [0, 0.05) is 0 Å². The van der Waals surface area contributed by atoms with E-state index in [4.69, 9.17) is 9.47 Å². The van der Waals surface area contributed by atoms with Crippen LogP contribution in [0.15, 0.2) is 36.4 Å². The molecule has 22 heavy (non-hydrogen) atoms. The molecule has 1 unspecified atom stereocenters. The van der Waals surface area contributed by atoms with E-state index in [0.717, 1.165) is 22.4 Å². The third kappa shape index (κ3) is 2.84. The first-order valence-electron chi connectivity index (χ1n) is 7.55. The molecule has 114 valence electrons. The Morgan fingerprint density at radius 2 is 1.82 bits per heavy atom. The Morgan fingerprint density at radius 1 is 1.14 bits per heavy atom. The highest BCUT2D eigenvalue weighted by Crippen LogP contribution is 2.29. The van der Waals surface area contributed by atoms with Gasteiger partial charge < -0.3 is 9.47 Å². The van der Waals surface area contributed by atoms with Crippen molar-refractivity contribution in [2.45, 2.75) is 27.2 Å². The van der Waals surface area contributed by atoms with Gasteiger partial charge in [-0.2, -0.15) is 0 Å². The Balaban J connectivity index is 1.77. The molecule has 0 amide bonds. The molecule has 3 rings (SSSR count). The molecular formula is C19H20O3. The Labute approximate surface area is 130 Å². The van der Waals surface area contributed by atoms with Gasteiger partial charge >= 0.3 is 5.97 Å². The van der Waals surface area contributed by atoms with Gasteiger partial charge in [-0.05, 0) is 49.9 Å². The highest BCUT2D eigenvalue weighted by molar-refractivity contribution is 5.77. The number of para-hydroxylation sites is 1. The summed E-state index contributed by atoms with van der Waals surface area (Å²) in [5, 5.41) is 0. The van der Waals surface area contributed by atoms with E-state index in [0.29, 0.717) is 18.8 Å². The third-order valence-electron chi connectivity index (χ3n) is 4.02. The van der Waals surface area contributed by atoms with Gasteiger partial charge in [0.05, 0.1) is 5.92 Å². The van der Waals surface area contributed by atoms with Gasteiger partial charge in [0.25, 0.3) is 0 Å². The zero-order valence-corrected chi connectivity index (χ0v) is 13.2. The van der Waals surface area contributed by atoms with Gasteiger partial charge in [-0.25, -0.2) is 0 Å². The zero-order valence-electron chi connectivity index (χ0n) is 13.2. The smallest absolute Gasteiger partial charge is 0.318 e. The van der Waals surface area contributed by atoms with Crippen LogP contribution in [0.25, 0.3) is 0 Å². The van der Waals surface area contributed by atoms with Crippen molar-refractivity contribution in [1.82, 2.24) is 0 Å². The van der Waals surface area contributed by atoms with Crippen LogP contribution in [0.1, 0.15) is 22.3 Å². The first kappa shape index (κ1) is 14.6. The van der Waals surface area contributed by atoms with Crippen molar-refractivity contribution in [3.05, 3.63) is 58.7 Å². The van der Waals surface area contributed by atoms with Crippen molar-refractivity contribution in [1.29, 1.82) is 0 Å². The summed E-state index contributed by atoms with van der Waals surface area (Å²) in [5.74, 6) is 1.07. The minimum atomic E-state index is -0.255. The van der Waals surface area contributed by atoms with Gasteiger partial charge in [-0.1, -0.05) is 35.9 Å². The SMILES string of the molecule is Cc1cc(C)c(OC(=O)C2COc3ccccc3C2)c(C)c1. The van der Waals surface area contributed by atoms with Crippen molar-refractivity contribution < 1.29 is 14.3 Å². The average Bonchev–Trinajstić information content (AvgIpc) is 2.50. The summed E-state index contributed by atoms with van der Waals surface area (Å²) in [6.07, 6.45) is 0.666. The lowest BCUT2D eigenvalue weighted by atomic mass is 9.97. The second-order valence-electron chi connectivity index (χ2n) is 5.97. The molecule has 0 aliphatic carbocycles. The Bertz CT molecular complexity index is 695. The fourth-order valence-corrected chi connectivity index (χ4v) is 2.99. The molecule has 3 nitrogen and oxygen atoms in total. The number of carbonyl (C=O) groups is 1. The molecule has 1 aliphatic heterocycles. The molecule has 2 aromatic rings. The molecule has 0 spiro atoms. The second kappa shape index (κ2) is 5.84. The van der Waals surface area contributed by atoms with E-state index in [9.17, 15) is 4.79 Å². The van der Waals surface area contributed by atoms with Crippen molar-refractivity contribution in [2.24, 2.45) is 5.92 Å². The van der Waals surface area contributed by atoms with Crippen LogP contribution >= 0.6 is 0 Å². The molecule has 1 atom stereocenters. The molecule has 0 bridgehead atoms. The molecule has 0 aromatic heterocycles. The van der Waals surface area contributed by atoms with Crippen molar-refractivity contribution in [3.63, 3.8) is 0 Å². The van der Waals surface area contributed by atoms with Gasteiger partial charge in [-0.3, -0.25) is 4.79 Å². The van der Waals surface area contributed by atoms with E-state index in [1.54, 1.807) is 0 Å². The summed E-state index contributed by atoms with van der Waals surface area (Å²) >= 11 is 0. The van der Waals surface area contributed by atoms with E-state index >= 15 is 0 Å². The largest absolute Gasteiger partial charge is 0.492 e. The van der Waals surface area contributed by atoms with Crippen LogP contribution < -0.4 is 9.47 Å². The first-order chi connectivity index (χ1) is 10.5. The summed E-state index contributed by atoms with van der Waals surface area (Å²) < 4.78 is 11.3. The van der Waals surface area contributed by atoms with Crippen molar-refractivity contribution in [2.75, 3.05) is 6.61 Å². The van der Waals surface area contributed by atoms with Gasteiger partial charge in [0.15, 0.2) is 0 Å². The fourth-order valence-electron chi connectivity index (χ4n) is 2.99. The molecule has 0 saturated heterocycles. The standard InChI is InChI=1S/C19H20O3/c1-12-8-13(2)18(14(3)9-12)22-19(20)16-10-15-6-4-5-7-17(15)21-11-16/h4-9,16H,10-11H2,1-3H3. The highest BCUT2D eigenvalue weighted by Gasteiger charge is 2.28. The Morgan fingerprint density at radius 3 is 2.55 bits per heavy atom. The lowest BCUT2D eigenvalue weighted by Gasteiger charge is -2.24. The minimum Gasteiger partial charge on any atom is -0.492 e. The number of hydrogen-bond acceptors (Lipinski definition) is 3. The summed E-state index contributed by atoms with van der Waals surface area (Å²) in [5.41, 5.74) is 4.21. The number of fused-ring (bicyclic) bond motifs is 1. The van der Waals surface area contributed by atoms with E-state index in [2.05, 4.69) is 0 Å². The number of benzene rings is 2. The van der Waals surface area contributed by atoms with Crippen molar-refractivity contribution in [3.8, 4) is 11.5 Å². The monoisotopic (exact) mass is 296 g/mol. The quantitative estimate of drug-likeness (QED) is 0.625. The normalized spacial score (nSPS) is 16.6. The lowest BCUT2D eigenvalue weighted by molar-refractivity contribution is -0.140. The second-order valence-corrected chi connectivity index (χ2v) is 5.97. The number of esters is 1. The number of hydrogen-bond donors (Lipinski definition) is 0. The van der Waals surface area contributed by atoms with Gasteiger partial charge in [0.2, 0.25) is 0 Å². The molecule has 1 aliphatic rings. The molecule has 1 heterocycles. The summed E-state index contributed by atoms with van der Waals surface area (Å²) in [4.78, 5) is 12.5. The molecule has 0 radical (unpaired) electrons. The maximum Gasteiger partial charge on any atom is 0.318 e. The number of aryl methyl sites for hydroxylation is 3. The van der Waals surface area contributed by atoms with E-state index in [1.165, 1.54) is 5.56 Å². The van der Waals surface area contributed by atoms with Gasteiger partial charge in [0.1, 0.15) is 18.1 Å². The summed E-state index contributed by atoms with van der Waals surface area (Å²) in [6, 6.07) is 11.9. The van der Waals surface area contributed by atoms with Crippen LogP contribution in [0, 0.1) is 26.7 Å². The Kier molecular flexibility index (Phi) is 3.88. The van der Waals surface area contributed by atoms with E-state index in [1.807, 2.05) is 57.2 Å². The lowest BCUT2D eigenvalue weighted by Crippen LogP contribution is -2.31. The van der Waals surface area contributed by atoms with Crippen LogP contribution in [-0.4, -0.2) is 12.6 Å². The summed E-state index contributed by atoms with van der Waals surface area (Å²) in [6.45, 7) is 6.35. The van der Waals surface area contributed by atoms with Crippen LogP contribution in [0.3, 0.4) is 0 Å². The zero-order chi connectivity index (χ0) is 15.7. The van der Waals surface area contributed by atoms with Crippen LogP contribution in [0.2, 0.25) is 0 Å². The molecule has 0 fully saturated rings. The van der Waals surface area contributed by atoms with Gasteiger partial charge in [-0.15, -0.1) is 0 Å².